The summed E-state index contributed by atoms with van der Waals surface area (Å²) in [5.74, 6) is -0.118. The van der Waals surface area contributed by atoms with Crippen LogP contribution in [-0.4, -0.2) is 21.2 Å². The minimum atomic E-state index is -0.515. The molecule has 12 heavy (non-hydrogen) atoms. The van der Waals surface area contributed by atoms with Crippen molar-refractivity contribution in [2.45, 2.75) is 13.0 Å². The summed E-state index contributed by atoms with van der Waals surface area (Å²) in [5.41, 5.74) is 5.27. The van der Waals surface area contributed by atoms with Gasteiger partial charge in [-0.3, -0.25) is 0 Å². The average Bonchev–Trinajstić information content (AvgIpc) is 2.48. The minimum absolute atomic E-state index is 0.118. The first-order valence-corrected chi connectivity index (χ1v) is 3.62. The average molecular weight is 170 g/mol. The van der Waals surface area contributed by atoms with E-state index in [-0.39, 0.29) is 5.82 Å². The standard InChI is InChI=1S/C6H10N4O2/c7-3-1-4-9-5-2-6(8-9)10(11)12/h2,5H,1,3-4,7H2. The topological polar surface area (TPSA) is 87.0 Å². The van der Waals surface area contributed by atoms with E-state index < -0.39 is 4.92 Å². The largest absolute Gasteiger partial charge is 0.389 e. The lowest BCUT2D eigenvalue weighted by Gasteiger charge is -1.91. The van der Waals surface area contributed by atoms with Gasteiger partial charge in [0.15, 0.2) is 0 Å². The maximum Gasteiger partial charge on any atom is 0.389 e. The highest BCUT2D eigenvalue weighted by atomic mass is 16.6. The van der Waals surface area contributed by atoms with Crippen molar-refractivity contribution in [2.75, 3.05) is 6.54 Å². The minimum Gasteiger partial charge on any atom is -0.358 e. The quantitative estimate of drug-likeness (QED) is 0.514. The van der Waals surface area contributed by atoms with E-state index >= 15 is 0 Å². The van der Waals surface area contributed by atoms with Crippen LogP contribution in [0.25, 0.3) is 0 Å². The van der Waals surface area contributed by atoms with E-state index in [0.29, 0.717) is 13.1 Å². The Hall–Kier alpha value is -1.43. The summed E-state index contributed by atoms with van der Waals surface area (Å²) >= 11 is 0. The van der Waals surface area contributed by atoms with Crippen LogP contribution >= 0.6 is 0 Å². The van der Waals surface area contributed by atoms with Crippen LogP contribution in [0.1, 0.15) is 6.42 Å². The summed E-state index contributed by atoms with van der Waals surface area (Å²) in [5, 5.41) is 13.9. The lowest BCUT2D eigenvalue weighted by molar-refractivity contribution is -0.389. The number of nitrogens with zero attached hydrogens (tertiary/aromatic N) is 3. The number of aryl methyl sites for hydroxylation is 1. The lowest BCUT2D eigenvalue weighted by atomic mass is 10.4. The van der Waals surface area contributed by atoms with Gasteiger partial charge in [0.05, 0.1) is 23.9 Å². The van der Waals surface area contributed by atoms with Crippen molar-refractivity contribution in [1.29, 1.82) is 0 Å². The second-order valence-electron chi connectivity index (χ2n) is 2.34. The SMILES string of the molecule is NCCCn1ccc([N+](=O)[O-])n1. The Balaban J connectivity index is 2.58. The van der Waals surface area contributed by atoms with Gasteiger partial charge in [0, 0.05) is 0 Å². The third-order valence-corrected chi connectivity index (χ3v) is 1.40. The molecule has 0 aliphatic heterocycles. The van der Waals surface area contributed by atoms with Gasteiger partial charge in [0.25, 0.3) is 0 Å². The molecule has 0 fully saturated rings. The fourth-order valence-electron chi connectivity index (χ4n) is 0.826. The molecule has 2 N–H and O–H groups in total. The molecule has 0 saturated carbocycles. The van der Waals surface area contributed by atoms with Crippen molar-refractivity contribution in [3.63, 3.8) is 0 Å². The number of rotatable bonds is 4. The van der Waals surface area contributed by atoms with Gasteiger partial charge < -0.3 is 15.8 Å². The van der Waals surface area contributed by atoms with Crippen LogP contribution in [-0.2, 0) is 6.54 Å². The highest BCUT2D eigenvalue weighted by molar-refractivity contribution is 5.13. The first-order valence-electron chi connectivity index (χ1n) is 3.62. The molecule has 6 heteroatoms. The molecule has 0 saturated heterocycles. The molecular weight excluding hydrogens is 160 g/mol. The zero-order valence-electron chi connectivity index (χ0n) is 6.51. The predicted octanol–water partition coefficient (Wildman–Crippen LogP) is 0.140. The van der Waals surface area contributed by atoms with Gasteiger partial charge in [-0.2, -0.15) is 4.68 Å². The highest BCUT2D eigenvalue weighted by Crippen LogP contribution is 2.04. The Kier molecular flexibility index (Phi) is 2.76. The second-order valence-corrected chi connectivity index (χ2v) is 2.34. The smallest absolute Gasteiger partial charge is 0.358 e. The van der Waals surface area contributed by atoms with Crippen molar-refractivity contribution in [3.8, 4) is 0 Å². The summed E-state index contributed by atoms with van der Waals surface area (Å²) in [6.07, 6.45) is 2.35. The molecule has 0 aliphatic carbocycles. The summed E-state index contributed by atoms with van der Waals surface area (Å²) < 4.78 is 1.52. The molecule has 1 aromatic heterocycles. The first kappa shape index (κ1) is 8.66. The van der Waals surface area contributed by atoms with Crippen molar-refractivity contribution >= 4 is 5.82 Å². The van der Waals surface area contributed by atoms with E-state index in [1.165, 1.54) is 10.7 Å². The monoisotopic (exact) mass is 170 g/mol. The van der Waals surface area contributed by atoms with Gasteiger partial charge in [-0.15, -0.1) is 0 Å². The van der Waals surface area contributed by atoms with Gasteiger partial charge in [-0.1, -0.05) is 0 Å². The van der Waals surface area contributed by atoms with Crippen LogP contribution in [0.3, 0.4) is 0 Å². The molecule has 0 aromatic carbocycles. The van der Waals surface area contributed by atoms with Crippen molar-refractivity contribution in [3.05, 3.63) is 22.4 Å². The van der Waals surface area contributed by atoms with Gasteiger partial charge in [-0.05, 0) is 17.9 Å². The number of nitrogens with two attached hydrogens (primary N) is 1. The summed E-state index contributed by atoms with van der Waals surface area (Å²) in [6, 6.07) is 1.37. The van der Waals surface area contributed by atoms with E-state index in [9.17, 15) is 10.1 Å². The number of nitro groups is 1. The normalized spacial score (nSPS) is 10.1. The van der Waals surface area contributed by atoms with Crippen LogP contribution in [0.5, 0.6) is 0 Å². The molecule has 0 amide bonds. The molecule has 0 bridgehead atoms. The number of hydrogen-bond donors (Lipinski definition) is 1. The van der Waals surface area contributed by atoms with Crippen molar-refractivity contribution in [2.24, 2.45) is 5.73 Å². The maximum absolute atomic E-state index is 10.2. The van der Waals surface area contributed by atoms with Crippen LogP contribution in [0.4, 0.5) is 5.82 Å². The molecule has 1 rings (SSSR count). The summed E-state index contributed by atoms with van der Waals surface area (Å²) in [6.45, 7) is 1.19. The zero-order valence-corrected chi connectivity index (χ0v) is 6.51. The van der Waals surface area contributed by atoms with Crippen molar-refractivity contribution < 1.29 is 4.92 Å². The zero-order chi connectivity index (χ0) is 8.97. The molecule has 1 aromatic rings. The van der Waals surface area contributed by atoms with Crippen LogP contribution in [0.2, 0.25) is 0 Å². The molecule has 1 heterocycles. The molecule has 66 valence electrons. The molecule has 0 aliphatic rings. The van der Waals surface area contributed by atoms with E-state index in [0.717, 1.165) is 6.42 Å². The Morgan fingerprint density at radius 2 is 2.50 bits per heavy atom. The Bertz CT molecular complexity index is 270. The van der Waals surface area contributed by atoms with E-state index in [1.807, 2.05) is 0 Å². The molecule has 0 atom stereocenters. The van der Waals surface area contributed by atoms with Crippen LogP contribution in [0.15, 0.2) is 12.3 Å². The first-order chi connectivity index (χ1) is 5.74. The Morgan fingerprint density at radius 1 is 1.75 bits per heavy atom. The van der Waals surface area contributed by atoms with Crippen LogP contribution < -0.4 is 5.73 Å². The maximum atomic E-state index is 10.2. The Morgan fingerprint density at radius 3 is 3.00 bits per heavy atom. The molecular formula is C6H10N4O2. The summed E-state index contributed by atoms with van der Waals surface area (Å²) in [7, 11) is 0. The molecule has 0 spiro atoms. The van der Waals surface area contributed by atoms with Gasteiger partial charge in [0.2, 0.25) is 0 Å². The second kappa shape index (κ2) is 3.82. The fourth-order valence-corrected chi connectivity index (χ4v) is 0.826. The van der Waals surface area contributed by atoms with Gasteiger partial charge in [0.1, 0.15) is 0 Å². The van der Waals surface area contributed by atoms with Crippen molar-refractivity contribution in [1.82, 2.24) is 9.78 Å². The van der Waals surface area contributed by atoms with Gasteiger partial charge in [-0.25, -0.2) is 0 Å². The molecule has 6 nitrogen and oxygen atoms in total. The predicted molar refractivity (Wildman–Crippen MR) is 42.6 cm³/mol. The number of hydrogen-bond acceptors (Lipinski definition) is 4. The molecule has 0 radical (unpaired) electrons. The number of aromatic nitrogens is 2. The highest BCUT2D eigenvalue weighted by Gasteiger charge is 2.09. The van der Waals surface area contributed by atoms with E-state index in [2.05, 4.69) is 5.10 Å². The van der Waals surface area contributed by atoms with E-state index in [4.69, 9.17) is 5.73 Å². The molecule has 0 unspecified atom stereocenters. The fraction of sp³-hybridized carbons (Fsp3) is 0.500. The van der Waals surface area contributed by atoms with Crippen LogP contribution in [0, 0.1) is 10.1 Å². The third kappa shape index (κ3) is 2.03. The third-order valence-electron chi connectivity index (χ3n) is 1.40. The Labute approximate surface area is 69.1 Å². The van der Waals surface area contributed by atoms with E-state index in [1.54, 1.807) is 6.20 Å². The van der Waals surface area contributed by atoms with Gasteiger partial charge >= 0.3 is 5.82 Å². The lowest BCUT2D eigenvalue weighted by Crippen LogP contribution is -2.06. The summed E-state index contributed by atoms with van der Waals surface area (Å²) in [4.78, 5) is 9.68.